The number of fused-ring (bicyclic) bond motifs is 10. The van der Waals surface area contributed by atoms with Crippen LogP contribution in [0.1, 0.15) is 43.0 Å². The second-order valence-electron chi connectivity index (χ2n) is 16.9. The van der Waals surface area contributed by atoms with E-state index >= 15 is 0 Å². The van der Waals surface area contributed by atoms with Crippen LogP contribution in [0.15, 0.2) is 179 Å². The predicted octanol–water partition coefficient (Wildman–Crippen LogP) is 15.8. The topological polar surface area (TPSA) is 29.5 Å². The highest BCUT2D eigenvalue weighted by Gasteiger charge is 2.36. The van der Waals surface area contributed by atoms with Crippen molar-refractivity contribution in [2.24, 2.45) is 5.92 Å². The van der Waals surface area contributed by atoms with Crippen molar-refractivity contribution in [3.63, 3.8) is 0 Å². The molecule has 59 heavy (non-hydrogen) atoms. The smallest absolute Gasteiger partial charge is 0.136 e. The zero-order chi connectivity index (χ0) is 39.4. The van der Waals surface area contributed by atoms with Crippen LogP contribution in [-0.4, -0.2) is 0 Å². The molecule has 0 saturated heterocycles. The van der Waals surface area contributed by atoms with E-state index in [9.17, 15) is 0 Å². The second kappa shape index (κ2) is 12.7. The first kappa shape index (κ1) is 34.0. The molecule has 0 saturated carbocycles. The third-order valence-corrected chi connectivity index (χ3v) is 13.0. The van der Waals surface area contributed by atoms with Crippen molar-refractivity contribution in [3.8, 4) is 33.4 Å². The lowest BCUT2D eigenvalue weighted by Crippen LogP contribution is -2.16. The molecule has 0 bridgehead atoms. The van der Waals surface area contributed by atoms with E-state index in [1.54, 1.807) is 0 Å². The van der Waals surface area contributed by atoms with Crippen molar-refractivity contribution in [3.05, 3.63) is 192 Å². The molecule has 282 valence electrons. The van der Waals surface area contributed by atoms with Crippen LogP contribution >= 0.6 is 0 Å². The number of allylic oxidation sites excluding steroid dienone is 1. The lowest BCUT2D eigenvalue weighted by molar-refractivity contribution is 0.660. The van der Waals surface area contributed by atoms with Crippen LogP contribution in [0.4, 0.5) is 17.1 Å². The largest absolute Gasteiger partial charge is 0.456 e. The molecule has 0 amide bonds. The zero-order valence-corrected chi connectivity index (χ0v) is 33.3. The summed E-state index contributed by atoms with van der Waals surface area (Å²) in [5.74, 6) is 0.510. The van der Waals surface area contributed by atoms with E-state index in [0.29, 0.717) is 5.92 Å². The van der Waals surface area contributed by atoms with E-state index in [2.05, 4.69) is 189 Å². The Morgan fingerprint density at radius 3 is 2.00 bits per heavy atom. The molecule has 3 nitrogen and oxygen atoms in total. The van der Waals surface area contributed by atoms with Crippen LogP contribution in [0.3, 0.4) is 0 Å². The minimum Gasteiger partial charge on any atom is -0.456 e. The molecule has 0 aliphatic heterocycles. The minimum atomic E-state index is -0.143. The SMILES string of the molecule is CC1C=Cc2cc3oc4cccc(-c5ccccc5N(c5ccc(-c6cccc7oc8ccccc8c67)cc5)c5ccc6c(c5)C(C)(C)c5ccccc5-6)c4c3cc2C1. The molecule has 0 spiro atoms. The molecule has 0 fully saturated rings. The monoisotopic (exact) mass is 759 g/mol. The number of para-hydroxylation sites is 2. The summed E-state index contributed by atoms with van der Waals surface area (Å²) in [6.45, 7) is 7.00. The van der Waals surface area contributed by atoms with Gasteiger partial charge in [-0.05, 0) is 123 Å². The molecule has 1 unspecified atom stereocenters. The highest BCUT2D eigenvalue weighted by molar-refractivity contribution is 6.15. The van der Waals surface area contributed by atoms with Crippen LogP contribution in [0.2, 0.25) is 0 Å². The summed E-state index contributed by atoms with van der Waals surface area (Å²) in [6.07, 6.45) is 5.59. The van der Waals surface area contributed by atoms with E-state index in [1.165, 1.54) is 38.8 Å². The molecule has 2 aliphatic carbocycles. The molecule has 2 heterocycles. The summed E-state index contributed by atoms with van der Waals surface area (Å²) >= 11 is 0. The van der Waals surface area contributed by atoms with Gasteiger partial charge in [-0.15, -0.1) is 0 Å². The lowest BCUT2D eigenvalue weighted by atomic mass is 9.82. The van der Waals surface area contributed by atoms with Gasteiger partial charge >= 0.3 is 0 Å². The van der Waals surface area contributed by atoms with Gasteiger partial charge in [-0.3, -0.25) is 0 Å². The first-order valence-corrected chi connectivity index (χ1v) is 20.7. The van der Waals surface area contributed by atoms with Gasteiger partial charge in [0.2, 0.25) is 0 Å². The molecule has 10 aromatic rings. The third-order valence-electron chi connectivity index (χ3n) is 13.0. The van der Waals surface area contributed by atoms with Crippen molar-refractivity contribution in [1.29, 1.82) is 0 Å². The number of hydrogen-bond acceptors (Lipinski definition) is 3. The van der Waals surface area contributed by atoms with Crippen molar-refractivity contribution < 1.29 is 8.83 Å². The van der Waals surface area contributed by atoms with Crippen LogP contribution in [-0.2, 0) is 11.8 Å². The summed E-state index contributed by atoms with van der Waals surface area (Å²) in [5, 5.41) is 4.60. The van der Waals surface area contributed by atoms with Crippen molar-refractivity contribution >= 4 is 67.0 Å². The number of furan rings is 2. The first-order chi connectivity index (χ1) is 28.9. The van der Waals surface area contributed by atoms with E-state index in [-0.39, 0.29) is 5.41 Å². The summed E-state index contributed by atoms with van der Waals surface area (Å²) in [6, 6.07) is 59.6. The fourth-order valence-electron chi connectivity index (χ4n) is 10.1. The summed E-state index contributed by atoms with van der Waals surface area (Å²) in [4.78, 5) is 2.45. The number of benzene rings is 8. The maximum atomic E-state index is 6.63. The average molecular weight is 760 g/mol. The molecule has 8 aromatic carbocycles. The van der Waals surface area contributed by atoms with Gasteiger partial charge in [-0.1, -0.05) is 136 Å². The van der Waals surface area contributed by atoms with Gasteiger partial charge in [-0.2, -0.15) is 0 Å². The van der Waals surface area contributed by atoms with Crippen molar-refractivity contribution in [2.45, 2.75) is 32.6 Å². The standard InChI is InChI=1S/C56H41NO2/c1-34-22-23-36-32-53-46(31-37(36)30-34)55-44(16-11-21-52(55)59-53)43-13-5-8-18-49(43)57(39-28-29-42-41-12-4-7-17-47(41)56(2,3)48(42)33-39)38-26-24-35(25-27-38)40-15-10-20-51-54(40)45-14-6-9-19-50(45)58-51/h4-29,31-34H,30H2,1-3H3. The minimum absolute atomic E-state index is 0.143. The molecule has 0 N–H and O–H groups in total. The quantitative estimate of drug-likeness (QED) is 0.175. The normalized spacial score (nSPS) is 15.2. The molecule has 3 heteroatoms. The van der Waals surface area contributed by atoms with Gasteiger partial charge in [0.1, 0.15) is 22.3 Å². The Bertz CT molecular complexity index is 3360. The molecule has 12 rings (SSSR count). The Kier molecular flexibility index (Phi) is 7.32. The molecular formula is C56H41NO2. The van der Waals surface area contributed by atoms with Gasteiger partial charge in [0, 0.05) is 43.9 Å². The fraction of sp³-hybridized carbons (Fsp3) is 0.107. The van der Waals surface area contributed by atoms with Gasteiger partial charge < -0.3 is 13.7 Å². The number of anilines is 3. The molecule has 2 aromatic heterocycles. The number of rotatable bonds is 5. The maximum Gasteiger partial charge on any atom is 0.136 e. The third kappa shape index (κ3) is 5.14. The molecular weight excluding hydrogens is 719 g/mol. The van der Waals surface area contributed by atoms with Gasteiger partial charge in [0.15, 0.2) is 0 Å². The van der Waals surface area contributed by atoms with Crippen LogP contribution in [0.5, 0.6) is 0 Å². The highest BCUT2D eigenvalue weighted by Crippen LogP contribution is 2.52. The summed E-state index contributed by atoms with van der Waals surface area (Å²) in [5.41, 5.74) is 19.4. The van der Waals surface area contributed by atoms with Crippen LogP contribution < -0.4 is 4.90 Å². The summed E-state index contributed by atoms with van der Waals surface area (Å²) in [7, 11) is 0. The number of nitrogens with zero attached hydrogens (tertiary/aromatic N) is 1. The summed E-state index contributed by atoms with van der Waals surface area (Å²) < 4.78 is 12.9. The zero-order valence-electron chi connectivity index (χ0n) is 33.3. The van der Waals surface area contributed by atoms with Crippen LogP contribution in [0.25, 0.3) is 83.3 Å². The Balaban J connectivity index is 1.06. The van der Waals surface area contributed by atoms with Gasteiger partial charge in [0.25, 0.3) is 0 Å². The Morgan fingerprint density at radius 2 is 1.15 bits per heavy atom. The Morgan fingerprint density at radius 1 is 0.508 bits per heavy atom. The Labute approximate surface area is 343 Å². The maximum absolute atomic E-state index is 6.63. The van der Waals surface area contributed by atoms with Crippen molar-refractivity contribution in [1.82, 2.24) is 0 Å². The lowest BCUT2D eigenvalue weighted by Gasteiger charge is -2.30. The van der Waals surface area contributed by atoms with Crippen molar-refractivity contribution in [2.75, 3.05) is 4.90 Å². The molecule has 1 atom stereocenters. The predicted molar refractivity (Wildman–Crippen MR) is 246 cm³/mol. The average Bonchev–Trinajstić information content (AvgIpc) is 3.91. The van der Waals surface area contributed by atoms with Crippen LogP contribution in [0, 0.1) is 5.92 Å². The number of hydrogen-bond donors (Lipinski definition) is 0. The fourth-order valence-corrected chi connectivity index (χ4v) is 10.1. The first-order valence-electron chi connectivity index (χ1n) is 20.7. The van der Waals surface area contributed by atoms with E-state index in [0.717, 1.165) is 84.2 Å². The van der Waals surface area contributed by atoms with Gasteiger partial charge in [-0.25, -0.2) is 0 Å². The molecule has 0 radical (unpaired) electrons. The van der Waals surface area contributed by atoms with E-state index in [4.69, 9.17) is 8.83 Å². The van der Waals surface area contributed by atoms with E-state index < -0.39 is 0 Å². The molecule has 2 aliphatic rings. The highest BCUT2D eigenvalue weighted by atomic mass is 16.3. The van der Waals surface area contributed by atoms with Gasteiger partial charge in [0.05, 0.1) is 5.69 Å². The second-order valence-corrected chi connectivity index (χ2v) is 16.9. The Hall–Kier alpha value is -7.10. The van der Waals surface area contributed by atoms with E-state index in [1.807, 2.05) is 12.1 Å².